The van der Waals surface area contributed by atoms with Crippen LogP contribution in [0.1, 0.15) is 17.3 Å². The summed E-state index contributed by atoms with van der Waals surface area (Å²) < 4.78 is 5.38. The number of carbonyl (C=O) groups is 1. The standard InChI is InChI=1S/C25H20N2O2/c1-2-29-25(28)21-22(18-12-6-3-7-13-18)26-24(20-16-10-5-11-17-20)27-23(21)19-14-8-4-9-15-19/h3-17H,2H2,1H3. The van der Waals surface area contributed by atoms with Crippen molar-refractivity contribution < 1.29 is 9.53 Å². The Labute approximate surface area is 169 Å². The van der Waals surface area contributed by atoms with Crippen LogP contribution in [0.25, 0.3) is 33.9 Å². The third-order valence-corrected chi connectivity index (χ3v) is 4.52. The number of hydrogen-bond acceptors (Lipinski definition) is 4. The van der Waals surface area contributed by atoms with E-state index in [1.54, 1.807) is 6.92 Å². The molecule has 4 nitrogen and oxygen atoms in total. The molecule has 0 radical (unpaired) electrons. The van der Waals surface area contributed by atoms with Crippen molar-refractivity contribution in [2.24, 2.45) is 0 Å². The summed E-state index contributed by atoms with van der Waals surface area (Å²) >= 11 is 0. The molecule has 0 fully saturated rings. The van der Waals surface area contributed by atoms with Crippen LogP contribution in [-0.4, -0.2) is 22.5 Å². The van der Waals surface area contributed by atoms with Gasteiger partial charge in [-0.3, -0.25) is 0 Å². The van der Waals surface area contributed by atoms with Gasteiger partial charge in [-0.2, -0.15) is 0 Å². The Kier molecular flexibility index (Phi) is 5.43. The van der Waals surface area contributed by atoms with E-state index in [0.717, 1.165) is 16.7 Å². The fourth-order valence-electron chi connectivity index (χ4n) is 3.18. The summed E-state index contributed by atoms with van der Waals surface area (Å²) in [5.74, 6) is 0.140. The van der Waals surface area contributed by atoms with Gasteiger partial charge in [0.05, 0.1) is 18.0 Å². The Bertz CT molecular complexity index is 1050. The highest BCUT2D eigenvalue weighted by molar-refractivity contribution is 6.02. The molecule has 0 bridgehead atoms. The summed E-state index contributed by atoms with van der Waals surface area (Å²) in [5, 5.41) is 0. The maximum absolute atomic E-state index is 13.0. The SMILES string of the molecule is CCOC(=O)c1c(-c2ccccc2)nc(-c2ccccc2)nc1-c1ccccc1. The van der Waals surface area contributed by atoms with Crippen LogP contribution < -0.4 is 0 Å². The van der Waals surface area contributed by atoms with Crippen molar-refractivity contribution in [2.45, 2.75) is 6.92 Å². The number of nitrogens with zero attached hydrogens (tertiary/aromatic N) is 2. The summed E-state index contributed by atoms with van der Waals surface area (Å²) in [6.07, 6.45) is 0. The van der Waals surface area contributed by atoms with Gasteiger partial charge in [0.15, 0.2) is 5.82 Å². The molecule has 1 aromatic heterocycles. The molecule has 142 valence electrons. The van der Waals surface area contributed by atoms with Gasteiger partial charge in [0.25, 0.3) is 0 Å². The number of hydrogen-bond donors (Lipinski definition) is 0. The molecule has 29 heavy (non-hydrogen) atoms. The molecular weight excluding hydrogens is 360 g/mol. The number of aromatic nitrogens is 2. The molecule has 4 rings (SSSR count). The number of ether oxygens (including phenoxy) is 1. The maximum Gasteiger partial charge on any atom is 0.342 e. The monoisotopic (exact) mass is 380 g/mol. The van der Waals surface area contributed by atoms with Crippen LogP contribution in [0.3, 0.4) is 0 Å². The van der Waals surface area contributed by atoms with Crippen LogP contribution in [0.4, 0.5) is 0 Å². The van der Waals surface area contributed by atoms with Gasteiger partial charge in [0.1, 0.15) is 5.56 Å². The zero-order chi connectivity index (χ0) is 20.1. The van der Waals surface area contributed by atoms with Crippen LogP contribution in [0.15, 0.2) is 91.0 Å². The highest BCUT2D eigenvalue weighted by Gasteiger charge is 2.24. The van der Waals surface area contributed by atoms with Gasteiger partial charge in [-0.05, 0) is 6.92 Å². The molecule has 0 saturated carbocycles. The largest absolute Gasteiger partial charge is 0.462 e. The second-order valence-corrected chi connectivity index (χ2v) is 6.44. The highest BCUT2D eigenvalue weighted by Crippen LogP contribution is 2.33. The molecule has 3 aromatic carbocycles. The molecular formula is C25H20N2O2. The smallest absolute Gasteiger partial charge is 0.342 e. The van der Waals surface area contributed by atoms with Crippen molar-refractivity contribution in [1.29, 1.82) is 0 Å². The predicted octanol–water partition coefficient (Wildman–Crippen LogP) is 5.65. The van der Waals surface area contributed by atoms with E-state index < -0.39 is 5.97 Å². The van der Waals surface area contributed by atoms with Crippen molar-refractivity contribution in [2.75, 3.05) is 6.61 Å². The lowest BCUT2D eigenvalue weighted by Crippen LogP contribution is -2.12. The van der Waals surface area contributed by atoms with E-state index in [1.807, 2.05) is 91.0 Å². The minimum atomic E-state index is -0.426. The first kappa shape index (κ1) is 18.6. The quantitative estimate of drug-likeness (QED) is 0.420. The average molecular weight is 380 g/mol. The van der Waals surface area contributed by atoms with Gasteiger partial charge < -0.3 is 4.74 Å². The van der Waals surface area contributed by atoms with Gasteiger partial charge in [0, 0.05) is 16.7 Å². The topological polar surface area (TPSA) is 52.1 Å². The summed E-state index contributed by atoms with van der Waals surface area (Å²) in [6, 6.07) is 29.1. The van der Waals surface area contributed by atoms with E-state index >= 15 is 0 Å². The number of carbonyl (C=O) groups excluding carboxylic acids is 1. The highest BCUT2D eigenvalue weighted by atomic mass is 16.5. The average Bonchev–Trinajstić information content (AvgIpc) is 2.80. The zero-order valence-corrected chi connectivity index (χ0v) is 16.1. The molecule has 4 heteroatoms. The van der Waals surface area contributed by atoms with Crippen molar-refractivity contribution in [1.82, 2.24) is 9.97 Å². The Morgan fingerprint density at radius 2 is 1.10 bits per heavy atom. The van der Waals surface area contributed by atoms with E-state index in [2.05, 4.69) is 0 Å². The molecule has 0 aliphatic rings. The van der Waals surface area contributed by atoms with Crippen molar-refractivity contribution in [3.8, 4) is 33.9 Å². The Morgan fingerprint density at radius 1 is 0.690 bits per heavy atom. The first-order chi connectivity index (χ1) is 14.3. The first-order valence-corrected chi connectivity index (χ1v) is 9.53. The first-order valence-electron chi connectivity index (χ1n) is 9.53. The van der Waals surface area contributed by atoms with E-state index in [0.29, 0.717) is 22.8 Å². The lowest BCUT2D eigenvalue weighted by molar-refractivity contribution is 0.0527. The number of esters is 1. The minimum absolute atomic E-state index is 0.279. The van der Waals surface area contributed by atoms with Crippen LogP contribution in [-0.2, 0) is 4.74 Å². The van der Waals surface area contributed by atoms with Crippen LogP contribution in [0, 0.1) is 0 Å². The second-order valence-electron chi connectivity index (χ2n) is 6.44. The van der Waals surface area contributed by atoms with Gasteiger partial charge >= 0.3 is 5.97 Å². The summed E-state index contributed by atoms with van der Waals surface area (Å²) in [4.78, 5) is 22.6. The Morgan fingerprint density at radius 3 is 1.52 bits per heavy atom. The molecule has 0 unspecified atom stereocenters. The molecule has 0 spiro atoms. The summed E-state index contributed by atoms with van der Waals surface area (Å²) in [6.45, 7) is 2.07. The molecule has 4 aromatic rings. The van der Waals surface area contributed by atoms with E-state index in [1.165, 1.54) is 0 Å². The Balaban J connectivity index is 2.05. The number of benzene rings is 3. The lowest BCUT2D eigenvalue weighted by atomic mass is 9.99. The summed E-state index contributed by atoms with van der Waals surface area (Å²) in [7, 11) is 0. The second kappa shape index (κ2) is 8.48. The van der Waals surface area contributed by atoms with Crippen LogP contribution in [0.2, 0.25) is 0 Å². The third kappa shape index (κ3) is 3.92. The van der Waals surface area contributed by atoms with Crippen molar-refractivity contribution >= 4 is 5.97 Å². The molecule has 0 atom stereocenters. The minimum Gasteiger partial charge on any atom is -0.462 e. The van der Waals surface area contributed by atoms with E-state index in [-0.39, 0.29) is 6.61 Å². The van der Waals surface area contributed by atoms with Crippen molar-refractivity contribution in [3.05, 3.63) is 96.6 Å². The fraction of sp³-hybridized carbons (Fsp3) is 0.0800. The van der Waals surface area contributed by atoms with E-state index in [9.17, 15) is 4.79 Å². The molecule has 0 aliphatic carbocycles. The zero-order valence-electron chi connectivity index (χ0n) is 16.1. The van der Waals surface area contributed by atoms with E-state index in [4.69, 9.17) is 14.7 Å². The molecule has 0 N–H and O–H groups in total. The van der Waals surface area contributed by atoms with Crippen LogP contribution >= 0.6 is 0 Å². The third-order valence-electron chi connectivity index (χ3n) is 4.52. The van der Waals surface area contributed by atoms with Gasteiger partial charge in [-0.1, -0.05) is 91.0 Å². The maximum atomic E-state index is 13.0. The molecule has 1 heterocycles. The summed E-state index contributed by atoms with van der Waals surface area (Å²) in [5.41, 5.74) is 4.08. The normalized spacial score (nSPS) is 10.5. The lowest BCUT2D eigenvalue weighted by Gasteiger charge is -2.15. The van der Waals surface area contributed by atoms with Gasteiger partial charge in [-0.25, -0.2) is 14.8 Å². The predicted molar refractivity (Wildman–Crippen MR) is 114 cm³/mol. The molecule has 0 saturated heterocycles. The fourth-order valence-corrected chi connectivity index (χ4v) is 3.18. The number of rotatable bonds is 5. The van der Waals surface area contributed by atoms with Gasteiger partial charge in [0.2, 0.25) is 0 Å². The molecule has 0 amide bonds. The van der Waals surface area contributed by atoms with Gasteiger partial charge in [-0.15, -0.1) is 0 Å². The Hall–Kier alpha value is -3.79. The van der Waals surface area contributed by atoms with Crippen LogP contribution in [0.5, 0.6) is 0 Å². The van der Waals surface area contributed by atoms with Crippen molar-refractivity contribution in [3.63, 3.8) is 0 Å². The molecule has 0 aliphatic heterocycles.